The maximum absolute atomic E-state index is 13.0. The van der Waals surface area contributed by atoms with Gasteiger partial charge in [0.1, 0.15) is 11.7 Å². The van der Waals surface area contributed by atoms with Gasteiger partial charge in [-0.05, 0) is 24.6 Å². The van der Waals surface area contributed by atoms with E-state index in [1.807, 2.05) is 0 Å². The third kappa shape index (κ3) is 2.18. The van der Waals surface area contributed by atoms with Gasteiger partial charge in [0.15, 0.2) is 17.3 Å². The molecule has 7 heteroatoms. The summed E-state index contributed by atoms with van der Waals surface area (Å²) in [5, 5.41) is 29.9. The van der Waals surface area contributed by atoms with Crippen molar-refractivity contribution in [2.45, 2.75) is 18.9 Å². The summed E-state index contributed by atoms with van der Waals surface area (Å²) >= 11 is 0. The first-order chi connectivity index (χ1) is 12.6. The lowest BCUT2D eigenvalue weighted by molar-refractivity contribution is -0.147. The first-order valence-electron chi connectivity index (χ1n) is 8.22. The van der Waals surface area contributed by atoms with Crippen molar-refractivity contribution in [1.82, 2.24) is 0 Å². The second-order valence-corrected chi connectivity index (χ2v) is 7.05. The van der Waals surface area contributed by atoms with Crippen LogP contribution in [0.3, 0.4) is 0 Å². The largest absolute Gasteiger partial charge is 0.507 e. The van der Waals surface area contributed by atoms with E-state index in [1.54, 1.807) is 0 Å². The highest BCUT2D eigenvalue weighted by atomic mass is 16.4. The Kier molecular flexibility index (Phi) is 3.38. The molecule has 0 saturated carbocycles. The highest BCUT2D eigenvalue weighted by Crippen LogP contribution is 2.40. The van der Waals surface area contributed by atoms with Gasteiger partial charge in [0.05, 0.1) is 11.2 Å². The molecule has 0 radical (unpaired) electrons. The topological polar surface area (TPSA) is 129 Å². The smallest absolute Gasteiger partial charge is 0.317 e. The summed E-state index contributed by atoms with van der Waals surface area (Å²) in [4.78, 5) is 50.4. The van der Waals surface area contributed by atoms with Gasteiger partial charge >= 0.3 is 5.97 Å². The summed E-state index contributed by atoms with van der Waals surface area (Å²) in [6.07, 6.45) is -0.146. The Morgan fingerprint density at radius 2 is 1.63 bits per heavy atom. The molecule has 0 aromatic heterocycles. The van der Waals surface area contributed by atoms with Crippen LogP contribution in [0.25, 0.3) is 0 Å². The molecule has 2 aliphatic carbocycles. The molecule has 0 bridgehead atoms. The van der Waals surface area contributed by atoms with Crippen LogP contribution in [0.1, 0.15) is 54.7 Å². The lowest BCUT2D eigenvalue weighted by Gasteiger charge is -2.36. The van der Waals surface area contributed by atoms with Gasteiger partial charge in [0, 0.05) is 28.7 Å². The lowest BCUT2D eigenvalue weighted by Crippen LogP contribution is -2.50. The zero-order chi connectivity index (χ0) is 19.7. The number of rotatable bonds is 1. The fourth-order valence-electron chi connectivity index (χ4n) is 4.03. The number of phenolic OH excluding ortho intramolecular Hbond substituents is 1. The fourth-order valence-corrected chi connectivity index (χ4v) is 4.03. The zero-order valence-corrected chi connectivity index (χ0v) is 14.1. The van der Waals surface area contributed by atoms with Crippen LogP contribution in [0, 0.1) is 5.92 Å². The molecule has 136 valence electrons. The van der Waals surface area contributed by atoms with Crippen LogP contribution in [0.5, 0.6) is 5.75 Å². The number of benzene rings is 2. The Balaban J connectivity index is 2.02. The summed E-state index contributed by atoms with van der Waals surface area (Å²) in [6, 6.07) is 6.88. The average Bonchev–Trinajstić information content (AvgIpc) is 2.57. The SMILES string of the molecule is CC1(O)Cc2ccc3c(c2C(=O)C1C(=O)O)C(=O)c1cccc(O)c1C3=O. The van der Waals surface area contributed by atoms with Crippen molar-refractivity contribution in [2.24, 2.45) is 5.92 Å². The van der Waals surface area contributed by atoms with Gasteiger partial charge in [0.2, 0.25) is 0 Å². The Morgan fingerprint density at radius 3 is 2.30 bits per heavy atom. The minimum absolute atomic E-state index is 0.0436. The van der Waals surface area contributed by atoms with Crippen LogP contribution in [0.4, 0.5) is 0 Å². The molecule has 7 nitrogen and oxygen atoms in total. The molecule has 4 rings (SSSR count). The van der Waals surface area contributed by atoms with E-state index in [9.17, 15) is 34.5 Å². The fraction of sp³-hybridized carbons (Fsp3) is 0.200. The predicted molar refractivity (Wildman–Crippen MR) is 91.2 cm³/mol. The van der Waals surface area contributed by atoms with Crippen LogP contribution in [-0.4, -0.2) is 44.2 Å². The molecule has 2 atom stereocenters. The molecular formula is C20H14O7. The molecule has 0 heterocycles. The van der Waals surface area contributed by atoms with Crippen LogP contribution in [0.15, 0.2) is 30.3 Å². The molecule has 2 aromatic rings. The van der Waals surface area contributed by atoms with Crippen molar-refractivity contribution in [3.63, 3.8) is 0 Å². The molecule has 2 aromatic carbocycles. The van der Waals surface area contributed by atoms with Gasteiger partial charge in [0.25, 0.3) is 0 Å². The van der Waals surface area contributed by atoms with Crippen molar-refractivity contribution >= 4 is 23.3 Å². The summed E-state index contributed by atoms with van der Waals surface area (Å²) in [5.41, 5.74) is -2.06. The van der Waals surface area contributed by atoms with Crippen molar-refractivity contribution in [3.8, 4) is 5.75 Å². The van der Waals surface area contributed by atoms with Gasteiger partial charge in [-0.15, -0.1) is 0 Å². The van der Waals surface area contributed by atoms with E-state index in [4.69, 9.17) is 0 Å². The maximum atomic E-state index is 13.0. The van der Waals surface area contributed by atoms with E-state index >= 15 is 0 Å². The van der Waals surface area contributed by atoms with E-state index in [1.165, 1.54) is 37.3 Å². The molecule has 27 heavy (non-hydrogen) atoms. The Hall–Kier alpha value is -3.32. The number of carboxylic acids is 1. The molecule has 3 N–H and O–H groups in total. The number of aromatic hydroxyl groups is 1. The van der Waals surface area contributed by atoms with Crippen LogP contribution in [-0.2, 0) is 11.2 Å². The number of fused-ring (bicyclic) bond motifs is 4. The Labute approximate surface area is 152 Å². The number of aliphatic carboxylic acids is 1. The van der Waals surface area contributed by atoms with Crippen LogP contribution in [0.2, 0.25) is 0 Å². The van der Waals surface area contributed by atoms with Crippen molar-refractivity contribution < 1.29 is 34.5 Å². The molecule has 0 aliphatic heterocycles. The second-order valence-electron chi connectivity index (χ2n) is 7.05. The summed E-state index contributed by atoms with van der Waals surface area (Å²) in [7, 11) is 0. The second kappa shape index (κ2) is 5.34. The molecule has 0 saturated heterocycles. The molecule has 2 aliphatic rings. The Bertz CT molecular complexity index is 1080. The number of carbonyl (C=O) groups is 4. The number of carbonyl (C=O) groups excluding carboxylic acids is 3. The first kappa shape index (κ1) is 17.1. The lowest BCUT2D eigenvalue weighted by atomic mass is 9.68. The van der Waals surface area contributed by atoms with Crippen molar-refractivity contribution in [3.05, 3.63) is 63.7 Å². The zero-order valence-electron chi connectivity index (χ0n) is 14.1. The van der Waals surface area contributed by atoms with Gasteiger partial charge in [-0.2, -0.15) is 0 Å². The van der Waals surface area contributed by atoms with E-state index in [0.29, 0.717) is 5.56 Å². The highest BCUT2D eigenvalue weighted by molar-refractivity contribution is 6.32. The van der Waals surface area contributed by atoms with E-state index in [-0.39, 0.29) is 40.0 Å². The third-order valence-electron chi connectivity index (χ3n) is 5.20. The van der Waals surface area contributed by atoms with Gasteiger partial charge in [-0.25, -0.2) is 0 Å². The normalized spacial score (nSPS) is 23.5. The van der Waals surface area contributed by atoms with E-state index in [0.717, 1.165) is 0 Å². The predicted octanol–water partition coefficient (Wildman–Crippen LogP) is 1.36. The van der Waals surface area contributed by atoms with Crippen LogP contribution < -0.4 is 0 Å². The number of aliphatic hydroxyl groups is 1. The maximum Gasteiger partial charge on any atom is 0.317 e. The molecule has 2 unspecified atom stereocenters. The third-order valence-corrected chi connectivity index (χ3v) is 5.20. The standard InChI is InChI=1S/C20H14O7/c1-20(27)7-8-5-6-10-14(12(8)18(24)15(20)19(25)26)17(23)9-3-2-4-11(21)13(9)16(10)22/h2-6,15,21,27H,7H2,1H3,(H,25,26). The molecule has 0 spiro atoms. The minimum Gasteiger partial charge on any atom is -0.507 e. The van der Waals surface area contributed by atoms with E-state index < -0.39 is 34.8 Å². The number of ketones is 3. The number of carboxylic acid groups (broad SMARTS) is 1. The van der Waals surface area contributed by atoms with Crippen molar-refractivity contribution in [2.75, 3.05) is 0 Å². The average molecular weight is 366 g/mol. The monoisotopic (exact) mass is 366 g/mol. The highest BCUT2D eigenvalue weighted by Gasteiger charge is 2.50. The minimum atomic E-state index is -1.82. The molecular weight excluding hydrogens is 352 g/mol. The van der Waals surface area contributed by atoms with Crippen LogP contribution >= 0.6 is 0 Å². The van der Waals surface area contributed by atoms with Gasteiger partial charge in [-0.3, -0.25) is 19.2 Å². The number of Topliss-reactive ketones (excluding diaryl/α,β-unsaturated/α-hetero) is 1. The van der Waals surface area contributed by atoms with Gasteiger partial charge < -0.3 is 15.3 Å². The molecule has 0 amide bonds. The summed E-state index contributed by atoms with van der Waals surface area (Å²) < 4.78 is 0. The summed E-state index contributed by atoms with van der Waals surface area (Å²) in [6.45, 7) is 1.26. The first-order valence-corrected chi connectivity index (χ1v) is 8.22. The number of phenols is 1. The quantitative estimate of drug-likeness (QED) is 0.555. The van der Waals surface area contributed by atoms with Gasteiger partial charge in [-0.1, -0.05) is 18.2 Å². The molecule has 0 fully saturated rings. The summed E-state index contributed by atoms with van der Waals surface area (Å²) in [5.74, 6) is -5.74. The Morgan fingerprint density at radius 1 is 1.00 bits per heavy atom. The number of hydrogen-bond donors (Lipinski definition) is 3. The number of hydrogen-bond acceptors (Lipinski definition) is 6. The van der Waals surface area contributed by atoms with Crippen molar-refractivity contribution in [1.29, 1.82) is 0 Å². The van der Waals surface area contributed by atoms with E-state index in [2.05, 4.69) is 0 Å².